The number of rotatable bonds is 1. The minimum Gasteiger partial charge on any atom is -0.361 e. The smallest absolute Gasteiger partial charge is 0.156 e. The summed E-state index contributed by atoms with van der Waals surface area (Å²) >= 11 is 4.07. The van der Waals surface area contributed by atoms with Gasteiger partial charge in [-0.05, 0) is 36.9 Å². The second kappa shape index (κ2) is 5.43. The molecule has 17 heavy (non-hydrogen) atoms. The molecule has 4 heteroatoms. The van der Waals surface area contributed by atoms with Crippen molar-refractivity contribution in [3.8, 4) is 0 Å². The van der Waals surface area contributed by atoms with Crippen LogP contribution in [-0.4, -0.2) is 35.0 Å². The summed E-state index contributed by atoms with van der Waals surface area (Å²) in [6, 6.07) is 0.678. The molecule has 2 aliphatic heterocycles. The van der Waals surface area contributed by atoms with E-state index in [0.29, 0.717) is 11.5 Å². The Kier molecular flexibility index (Phi) is 3.90. The minimum atomic E-state index is 0.581. The number of amidine groups is 1. The summed E-state index contributed by atoms with van der Waals surface area (Å²) in [5.41, 5.74) is 0.581. The van der Waals surface area contributed by atoms with Crippen LogP contribution in [0.4, 0.5) is 0 Å². The first-order chi connectivity index (χ1) is 8.36. The van der Waals surface area contributed by atoms with E-state index >= 15 is 0 Å². The van der Waals surface area contributed by atoms with Crippen molar-refractivity contribution in [3.63, 3.8) is 0 Å². The number of aliphatic imine (C=N–C) groups is 1. The van der Waals surface area contributed by atoms with Gasteiger partial charge in [0, 0.05) is 24.1 Å². The van der Waals surface area contributed by atoms with Gasteiger partial charge in [0.2, 0.25) is 0 Å². The third kappa shape index (κ3) is 2.95. The monoisotopic (exact) mass is 270 g/mol. The molecular formula is C13H22N2S2. The Morgan fingerprint density at radius 1 is 1.24 bits per heavy atom. The summed E-state index contributed by atoms with van der Waals surface area (Å²) in [6.07, 6.45) is 8.38. The molecular weight excluding hydrogens is 248 g/mol. The standard InChI is InChI=1S/C13H22N2S2/c1-2-6-13(5-1)9-14-12(17-10-13)15-11-4-3-7-16-8-11/h11H,1-10H2,(H,14,15). The molecule has 3 rings (SSSR count). The van der Waals surface area contributed by atoms with Gasteiger partial charge in [0.05, 0.1) is 0 Å². The molecule has 1 N–H and O–H groups in total. The fourth-order valence-corrected chi connectivity index (χ4v) is 5.40. The molecule has 2 fully saturated rings. The summed E-state index contributed by atoms with van der Waals surface area (Å²) in [4.78, 5) is 4.82. The van der Waals surface area contributed by atoms with E-state index in [1.165, 1.54) is 61.0 Å². The Morgan fingerprint density at radius 3 is 2.76 bits per heavy atom. The SMILES string of the molecule is C1CSCC(NC2=NCC3(CCCC3)CS2)C1. The fourth-order valence-electron chi connectivity index (χ4n) is 3.10. The lowest BCUT2D eigenvalue weighted by Crippen LogP contribution is -2.40. The first-order valence-corrected chi connectivity index (χ1v) is 9.02. The summed E-state index contributed by atoms with van der Waals surface area (Å²) < 4.78 is 0. The van der Waals surface area contributed by atoms with Crippen LogP contribution in [0.5, 0.6) is 0 Å². The molecule has 2 heterocycles. The summed E-state index contributed by atoms with van der Waals surface area (Å²) in [7, 11) is 0. The van der Waals surface area contributed by atoms with Gasteiger partial charge < -0.3 is 5.32 Å². The number of nitrogens with zero attached hydrogens (tertiary/aromatic N) is 1. The maximum Gasteiger partial charge on any atom is 0.156 e. The third-order valence-corrected chi connectivity index (χ3v) is 6.72. The van der Waals surface area contributed by atoms with Crippen LogP contribution >= 0.6 is 23.5 Å². The van der Waals surface area contributed by atoms with Crippen molar-refractivity contribution in [2.45, 2.75) is 44.6 Å². The topological polar surface area (TPSA) is 24.4 Å². The lowest BCUT2D eigenvalue weighted by molar-refractivity contribution is 0.358. The van der Waals surface area contributed by atoms with E-state index in [1.807, 2.05) is 11.8 Å². The van der Waals surface area contributed by atoms with E-state index in [1.54, 1.807) is 0 Å². The van der Waals surface area contributed by atoms with Gasteiger partial charge >= 0.3 is 0 Å². The van der Waals surface area contributed by atoms with Crippen LogP contribution in [-0.2, 0) is 0 Å². The van der Waals surface area contributed by atoms with Gasteiger partial charge in [-0.1, -0.05) is 24.6 Å². The normalized spacial score (nSPS) is 32.5. The van der Waals surface area contributed by atoms with Crippen LogP contribution in [0.3, 0.4) is 0 Å². The van der Waals surface area contributed by atoms with Crippen LogP contribution in [0.15, 0.2) is 4.99 Å². The first-order valence-electron chi connectivity index (χ1n) is 6.88. The van der Waals surface area contributed by atoms with Crippen molar-refractivity contribution >= 4 is 28.7 Å². The van der Waals surface area contributed by atoms with E-state index in [2.05, 4.69) is 17.1 Å². The highest BCUT2D eigenvalue weighted by molar-refractivity contribution is 8.13. The molecule has 2 nitrogen and oxygen atoms in total. The van der Waals surface area contributed by atoms with Crippen molar-refractivity contribution in [1.82, 2.24) is 5.32 Å². The quantitative estimate of drug-likeness (QED) is 0.792. The Morgan fingerprint density at radius 2 is 2.12 bits per heavy atom. The van der Waals surface area contributed by atoms with Crippen molar-refractivity contribution in [2.75, 3.05) is 23.8 Å². The molecule has 3 aliphatic rings. The summed E-state index contributed by atoms with van der Waals surface area (Å²) in [5, 5.41) is 4.89. The molecule has 1 saturated carbocycles. The largest absolute Gasteiger partial charge is 0.361 e. The zero-order valence-electron chi connectivity index (χ0n) is 10.4. The Balaban J connectivity index is 1.53. The van der Waals surface area contributed by atoms with Crippen LogP contribution < -0.4 is 5.32 Å². The minimum absolute atomic E-state index is 0.581. The van der Waals surface area contributed by atoms with Gasteiger partial charge in [-0.25, -0.2) is 0 Å². The lowest BCUT2D eigenvalue weighted by atomic mass is 9.89. The van der Waals surface area contributed by atoms with Gasteiger partial charge in [-0.3, -0.25) is 4.99 Å². The molecule has 0 aromatic heterocycles. The van der Waals surface area contributed by atoms with E-state index in [4.69, 9.17) is 4.99 Å². The molecule has 0 radical (unpaired) electrons. The maximum atomic E-state index is 4.82. The summed E-state index contributed by atoms with van der Waals surface area (Å²) in [5.74, 6) is 3.92. The number of hydrogen-bond donors (Lipinski definition) is 1. The average molecular weight is 270 g/mol. The highest BCUT2D eigenvalue weighted by Gasteiger charge is 2.36. The molecule has 0 amide bonds. The number of nitrogens with one attached hydrogen (secondary N) is 1. The molecule has 1 atom stereocenters. The van der Waals surface area contributed by atoms with Crippen LogP contribution in [0, 0.1) is 5.41 Å². The Bertz CT molecular complexity index is 292. The first kappa shape index (κ1) is 12.2. The van der Waals surface area contributed by atoms with E-state index in [0.717, 1.165) is 6.54 Å². The molecule has 1 unspecified atom stereocenters. The van der Waals surface area contributed by atoms with Crippen LogP contribution in [0.25, 0.3) is 0 Å². The van der Waals surface area contributed by atoms with E-state index in [9.17, 15) is 0 Å². The van der Waals surface area contributed by atoms with Crippen molar-refractivity contribution in [2.24, 2.45) is 10.4 Å². The van der Waals surface area contributed by atoms with Crippen molar-refractivity contribution in [3.05, 3.63) is 0 Å². The second-order valence-corrected chi connectivity index (χ2v) is 7.79. The fraction of sp³-hybridized carbons (Fsp3) is 0.923. The average Bonchev–Trinajstić information content (AvgIpc) is 2.83. The molecule has 0 bridgehead atoms. The molecule has 0 aromatic rings. The molecule has 1 aliphatic carbocycles. The maximum absolute atomic E-state index is 4.82. The zero-order valence-corrected chi connectivity index (χ0v) is 12.0. The predicted octanol–water partition coefficient (Wildman–Crippen LogP) is 3.13. The van der Waals surface area contributed by atoms with Crippen molar-refractivity contribution < 1.29 is 0 Å². The Hall–Kier alpha value is 0.170. The van der Waals surface area contributed by atoms with Gasteiger partial charge in [0.1, 0.15) is 0 Å². The molecule has 1 spiro atoms. The van der Waals surface area contributed by atoms with Crippen LogP contribution in [0.2, 0.25) is 0 Å². The number of hydrogen-bond acceptors (Lipinski definition) is 4. The van der Waals surface area contributed by atoms with E-state index < -0.39 is 0 Å². The summed E-state index contributed by atoms with van der Waals surface area (Å²) in [6.45, 7) is 1.09. The van der Waals surface area contributed by atoms with Gasteiger partial charge in [0.15, 0.2) is 5.17 Å². The van der Waals surface area contributed by atoms with Crippen molar-refractivity contribution in [1.29, 1.82) is 0 Å². The van der Waals surface area contributed by atoms with Crippen LogP contribution in [0.1, 0.15) is 38.5 Å². The molecule has 0 aromatic carbocycles. The molecule has 96 valence electrons. The van der Waals surface area contributed by atoms with Gasteiger partial charge in [-0.15, -0.1) is 0 Å². The van der Waals surface area contributed by atoms with E-state index in [-0.39, 0.29) is 0 Å². The zero-order chi connectivity index (χ0) is 11.6. The Labute approximate surface area is 113 Å². The number of thioether (sulfide) groups is 2. The predicted molar refractivity (Wildman–Crippen MR) is 79.1 cm³/mol. The van der Waals surface area contributed by atoms with Gasteiger partial charge in [-0.2, -0.15) is 11.8 Å². The second-order valence-electron chi connectivity index (χ2n) is 5.68. The highest BCUT2D eigenvalue weighted by atomic mass is 32.2. The third-order valence-electron chi connectivity index (χ3n) is 4.23. The molecule has 1 saturated heterocycles. The lowest BCUT2D eigenvalue weighted by Gasteiger charge is -2.33. The van der Waals surface area contributed by atoms with Gasteiger partial charge in [0.25, 0.3) is 0 Å². The highest BCUT2D eigenvalue weighted by Crippen LogP contribution is 2.43.